The predicted octanol–water partition coefficient (Wildman–Crippen LogP) is 5.44. The second-order valence-corrected chi connectivity index (χ2v) is 9.70. The van der Waals surface area contributed by atoms with Crippen molar-refractivity contribution < 1.29 is 9.59 Å². The van der Waals surface area contributed by atoms with E-state index in [-0.39, 0.29) is 18.2 Å². The molecule has 3 aromatic carbocycles. The Morgan fingerprint density at radius 1 is 0.848 bits per heavy atom. The minimum Gasteiger partial charge on any atom is -0.350 e. The number of rotatable bonds is 8. The minimum absolute atomic E-state index is 0.105. The van der Waals surface area contributed by atoms with Gasteiger partial charge in [-0.05, 0) is 49.6 Å². The molecule has 33 heavy (non-hydrogen) atoms. The molecular formula is C28H31ClN2O2. The zero-order valence-corrected chi connectivity index (χ0v) is 20.2. The van der Waals surface area contributed by atoms with Gasteiger partial charge in [-0.2, -0.15) is 0 Å². The van der Waals surface area contributed by atoms with Gasteiger partial charge in [0.15, 0.2) is 0 Å². The largest absolute Gasteiger partial charge is 0.350 e. The number of amides is 2. The standard InChI is InChI=1S/C28H31ClN2O2/c1-28(2,3)30-27(33)25(18-21-11-6-4-7-12-21)31(20-23-15-10-16-24(29)17-23)26(32)19-22-13-8-5-9-14-22/h4-17,25H,18-20H2,1-3H3,(H,30,33). The summed E-state index contributed by atoms with van der Waals surface area (Å²) in [5.41, 5.74) is 2.37. The Morgan fingerprint density at radius 2 is 1.42 bits per heavy atom. The molecule has 0 saturated carbocycles. The molecular weight excluding hydrogens is 432 g/mol. The van der Waals surface area contributed by atoms with E-state index in [0.717, 1.165) is 16.7 Å². The second kappa shape index (κ2) is 11.2. The van der Waals surface area contributed by atoms with Gasteiger partial charge in [0.2, 0.25) is 11.8 Å². The number of carbonyl (C=O) groups excluding carboxylic acids is 2. The van der Waals surface area contributed by atoms with Crippen molar-refractivity contribution in [3.05, 3.63) is 107 Å². The highest BCUT2D eigenvalue weighted by Crippen LogP contribution is 2.19. The molecule has 0 heterocycles. The van der Waals surface area contributed by atoms with Crippen LogP contribution in [0.25, 0.3) is 0 Å². The van der Waals surface area contributed by atoms with E-state index in [0.29, 0.717) is 18.0 Å². The number of carbonyl (C=O) groups is 2. The molecule has 0 aliphatic rings. The van der Waals surface area contributed by atoms with Crippen LogP contribution in [0.2, 0.25) is 5.02 Å². The molecule has 5 heteroatoms. The lowest BCUT2D eigenvalue weighted by Crippen LogP contribution is -2.54. The lowest BCUT2D eigenvalue weighted by molar-refractivity contribution is -0.141. The first-order valence-electron chi connectivity index (χ1n) is 11.1. The number of benzene rings is 3. The predicted molar refractivity (Wildman–Crippen MR) is 134 cm³/mol. The molecule has 172 valence electrons. The normalized spacial score (nSPS) is 12.1. The van der Waals surface area contributed by atoms with E-state index in [4.69, 9.17) is 11.6 Å². The van der Waals surface area contributed by atoms with Crippen LogP contribution in [0.4, 0.5) is 0 Å². The van der Waals surface area contributed by atoms with Crippen molar-refractivity contribution in [2.24, 2.45) is 0 Å². The molecule has 0 fully saturated rings. The third kappa shape index (κ3) is 7.76. The summed E-state index contributed by atoms with van der Waals surface area (Å²) in [5.74, 6) is -0.277. The fourth-order valence-corrected chi connectivity index (χ4v) is 3.92. The SMILES string of the molecule is CC(C)(C)NC(=O)C(Cc1ccccc1)N(Cc1cccc(Cl)c1)C(=O)Cc1ccccc1. The molecule has 1 N–H and O–H groups in total. The number of nitrogens with one attached hydrogen (secondary N) is 1. The summed E-state index contributed by atoms with van der Waals surface area (Å²) < 4.78 is 0. The maximum atomic E-state index is 13.6. The Hall–Kier alpha value is -3.11. The van der Waals surface area contributed by atoms with Crippen molar-refractivity contribution in [1.82, 2.24) is 10.2 Å². The highest BCUT2D eigenvalue weighted by Gasteiger charge is 2.32. The van der Waals surface area contributed by atoms with E-state index >= 15 is 0 Å². The molecule has 4 nitrogen and oxygen atoms in total. The Labute approximate surface area is 201 Å². The van der Waals surface area contributed by atoms with Crippen LogP contribution in [-0.2, 0) is 29.0 Å². The topological polar surface area (TPSA) is 49.4 Å². The number of halogens is 1. The molecule has 0 spiro atoms. The third-order valence-corrected chi connectivity index (χ3v) is 5.44. The van der Waals surface area contributed by atoms with Gasteiger partial charge in [0.1, 0.15) is 6.04 Å². The summed E-state index contributed by atoms with van der Waals surface area (Å²) in [5, 5.41) is 3.68. The van der Waals surface area contributed by atoms with E-state index in [1.807, 2.05) is 99.6 Å². The van der Waals surface area contributed by atoms with Crippen molar-refractivity contribution in [3.8, 4) is 0 Å². The van der Waals surface area contributed by atoms with E-state index in [1.165, 1.54) is 0 Å². The molecule has 2 amide bonds. The highest BCUT2D eigenvalue weighted by molar-refractivity contribution is 6.30. The molecule has 3 rings (SSSR count). The first kappa shape index (κ1) is 24.5. The van der Waals surface area contributed by atoms with Crippen molar-refractivity contribution in [2.45, 2.75) is 51.7 Å². The van der Waals surface area contributed by atoms with Crippen LogP contribution >= 0.6 is 11.6 Å². The van der Waals surface area contributed by atoms with E-state index in [2.05, 4.69) is 5.32 Å². The molecule has 3 aromatic rings. The summed E-state index contributed by atoms with van der Waals surface area (Å²) in [7, 11) is 0. The summed E-state index contributed by atoms with van der Waals surface area (Å²) in [6.45, 7) is 6.12. The summed E-state index contributed by atoms with van der Waals surface area (Å²) in [6.07, 6.45) is 0.638. The molecule has 0 aromatic heterocycles. The number of nitrogens with zero attached hydrogens (tertiary/aromatic N) is 1. The average Bonchev–Trinajstić information content (AvgIpc) is 2.76. The zero-order valence-electron chi connectivity index (χ0n) is 19.4. The second-order valence-electron chi connectivity index (χ2n) is 9.26. The quantitative estimate of drug-likeness (QED) is 0.484. The first-order valence-corrected chi connectivity index (χ1v) is 11.5. The van der Waals surface area contributed by atoms with Crippen LogP contribution in [0.15, 0.2) is 84.9 Å². The summed E-state index contributed by atoms with van der Waals surface area (Å²) in [4.78, 5) is 28.8. The third-order valence-electron chi connectivity index (χ3n) is 5.21. The van der Waals surface area contributed by atoms with E-state index in [1.54, 1.807) is 11.0 Å². The Kier molecular flexibility index (Phi) is 8.29. The summed E-state index contributed by atoms with van der Waals surface area (Å²) >= 11 is 6.21. The summed E-state index contributed by atoms with van der Waals surface area (Å²) in [6, 6.07) is 26.2. The molecule has 1 unspecified atom stereocenters. The fraction of sp³-hybridized carbons (Fsp3) is 0.286. The zero-order chi connectivity index (χ0) is 23.8. The molecule has 0 aliphatic carbocycles. The van der Waals surface area contributed by atoms with Crippen LogP contribution in [-0.4, -0.2) is 28.3 Å². The Morgan fingerprint density at radius 3 is 2.00 bits per heavy atom. The molecule has 0 bridgehead atoms. The van der Waals surface area contributed by atoms with Crippen LogP contribution < -0.4 is 5.32 Å². The van der Waals surface area contributed by atoms with Crippen molar-refractivity contribution >= 4 is 23.4 Å². The van der Waals surface area contributed by atoms with Gasteiger partial charge in [0.05, 0.1) is 6.42 Å². The van der Waals surface area contributed by atoms with Gasteiger partial charge < -0.3 is 10.2 Å². The molecule has 0 aliphatic heterocycles. The number of hydrogen-bond acceptors (Lipinski definition) is 2. The molecule has 0 radical (unpaired) electrons. The van der Waals surface area contributed by atoms with Gasteiger partial charge in [-0.25, -0.2) is 0 Å². The molecule has 1 atom stereocenters. The lowest BCUT2D eigenvalue weighted by Gasteiger charge is -2.34. The van der Waals surface area contributed by atoms with E-state index < -0.39 is 11.6 Å². The van der Waals surface area contributed by atoms with Crippen LogP contribution in [0.3, 0.4) is 0 Å². The van der Waals surface area contributed by atoms with Crippen LogP contribution in [0.5, 0.6) is 0 Å². The monoisotopic (exact) mass is 462 g/mol. The van der Waals surface area contributed by atoms with Crippen molar-refractivity contribution in [1.29, 1.82) is 0 Å². The van der Waals surface area contributed by atoms with Crippen molar-refractivity contribution in [3.63, 3.8) is 0 Å². The minimum atomic E-state index is -0.665. The molecule has 0 saturated heterocycles. The smallest absolute Gasteiger partial charge is 0.243 e. The maximum absolute atomic E-state index is 13.6. The average molecular weight is 463 g/mol. The van der Waals surface area contributed by atoms with Gasteiger partial charge >= 0.3 is 0 Å². The maximum Gasteiger partial charge on any atom is 0.243 e. The Bertz CT molecular complexity index is 1060. The van der Waals surface area contributed by atoms with Crippen LogP contribution in [0, 0.1) is 0 Å². The van der Waals surface area contributed by atoms with Gasteiger partial charge in [-0.3, -0.25) is 9.59 Å². The Balaban J connectivity index is 1.98. The fourth-order valence-electron chi connectivity index (χ4n) is 3.71. The van der Waals surface area contributed by atoms with E-state index in [9.17, 15) is 9.59 Å². The number of hydrogen-bond donors (Lipinski definition) is 1. The van der Waals surface area contributed by atoms with Gasteiger partial charge in [0.25, 0.3) is 0 Å². The van der Waals surface area contributed by atoms with Gasteiger partial charge in [-0.15, -0.1) is 0 Å². The van der Waals surface area contributed by atoms with Crippen molar-refractivity contribution in [2.75, 3.05) is 0 Å². The first-order chi connectivity index (χ1) is 15.7. The van der Waals surface area contributed by atoms with Crippen LogP contribution in [0.1, 0.15) is 37.5 Å². The van der Waals surface area contributed by atoms with Gasteiger partial charge in [-0.1, -0.05) is 84.4 Å². The van der Waals surface area contributed by atoms with Gasteiger partial charge in [0, 0.05) is 23.5 Å². The lowest BCUT2D eigenvalue weighted by atomic mass is 10.00. The highest BCUT2D eigenvalue weighted by atomic mass is 35.5.